The van der Waals surface area contributed by atoms with Gasteiger partial charge in [0.25, 0.3) is 0 Å². The van der Waals surface area contributed by atoms with Crippen molar-refractivity contribution in [2.24, 2.45) is 28.6 Å². The molecule has 0 radical (unpaired) electrons. The quantitative estimate of drug-likeness (QED) is 0.534. The van der Waals surface area contributed by atoms with Gasteiger partial charge in [-0.05, 0) is 61.9 Å². The maximum atomic E-state index is 13.6. The topological polar surface area (TPSA) is 90.0 Å². The number of rotatable bonds is 3. The number of epoxide rings is 1. The number of hydrogen-bond acceptors (Lipinski definition) is 6. The first kappa shape index (κ1) is 19.2. The normalized spacial score (nSPS) is 47.3. The highest BCUT2D eigenvalue weighted by atomic mass is 16.6. The van der Waals surface area contributed by atoms with Crippen LogP contribution in [0, 0.1) is 28.6 Å². The number of Topliss-reactive ketones (excluding diaryl/α,β-unsaturated/α-hetero) is 2. The highest BCUT2D eigenvalue weighted by molar-refractivity contribution is 6.02. The molecule has 0 bridgehead atoms. The van der Waals surface area contributed by atoms with Crippen molar-refractivity contribution in [3.63, 3.8) is 0 Å². The van der Waals surface area contributed by atoms with Crippen LogP contribution in [-0.4, -0.2) is 41.6 Å². The van der Waals surface area contributed by atoms with Crippen LogP contribution in [0.4, 0.5) is 0 Å². The van der Waals surface area contributed by atoms with Crippen LogP contribution in [0.15, 0.2) is 11.6 Å². The molecule has 0 spiro atoms. The molecule has 6 nitrogen and oxygen atoms in total. The molecule has 4 aliphatic carbocycles. The van der Waals surface area contributed by atoms with Gasteiger partial charge in [-0.1, -0.05) is 12.5 Å². The molecule has 5 aliphatic rings. The molecule has 1 saturated heterocycles. The molecule has 29 heavy (non-hydrogen) atoms. The zero-order chi connectivity index (χ0) is 20.8. The Morgan fingerprint density at radius 2 is 1.97 bits per heavy atom. The summed E-state index contributed by atoms with van der Waals surface area (Å²) in [6, 6.07) is 0. The molecule has 0 amide bonds. The molecule has 5 rings (SSSR count). The van der Waals surface area contributed by atoms with Gasteiger partial charge in [-0.3, -0.25) is 19.2 Å². The largest absolute Gasteiger partial charge is 0.458 e. The summed E-state index contributed by atoms with van der Waals surface area (Å²) in [6.45, 7) is 5.08. The molecule has 7 unspecified atom stereocenters. The van der Waals surface area contributed by atoms with Crippen molar-refractivity contribution in [3.05, 3.63) is 11.6 Å². The number of ketones is 3. The highest BCUT2D eigenvalue weighted by Gasteiger charge is 2.83. The Morgan fingerprint density at radius 3 is 2.69 bits per heavy atom. The zero-order valence-electron chi connectivity index (χ0n) is 17.3. The monoisotopic (exact) mass is 400 g/mol. The van der Waals surface area contributed by atoms with Crippen molar-refractivity contribution in [3.8, 4) is 0 Å². The van der Waals surface area contributed by atoms with E-state index in [4.69, 9.17) is 9.47 Å². The fraction of sp³-hybridized carbons (Fsp3) is 0.739. The van der Waals surface area contributed by atoms with Crippen LogP contribution in [0.5, 0.6) is 0 Å². The van der Waals surface area contributed by atoms with E-state index < -0.39 is 17.0 Å². The Balaban J connectivity index is 1.48. The van der Waals surface area contributed by atoms with E-state index in [2.05, 4.69) is 6.92 Å². The van der Waals surface area contributed by atoms with Crippen LogP contribution < -0.4 is 0 Å². The minimum absolute atomic E-state index is 0.0966. The van der Waals surface area contributed by atoms with Crippen LogP contribution in [-0.2, 0) is 28.7 Å². The van der Waals surface area contributed by atoms with Crippen LogP contribution in [0.2, 0.25) is 0 Å². The molecule has 0 N–H and O–H groups in total. The lowest BCUT2D eigenvalue weighted by Gasteiger charge is -2.57. The van der Waals surface area contributed by atoms with Crippen LogP contribution >= 0.6 is 0 Å². The lowest BCUT2D eigenvalue weighted by atomic mass is 9.46. The van der Waals surface area contributed by atoms with Crippen molar-refractivity contribution >= 4 is 23.3 Å². The van der Waals surface area contributed by atoms with E-state index in [0.717, 1.165) is 19.3 Å². The van der Waals surface area contributed by atoms with E-state index in [0.29, 0.717) is 25.2 Å². The summed E-state index contributed by atoms with van der Waals surface area (Å²) in [5.41, 5.74) is -0.852. The Bertz CT molecular complexity index is 873. The average molecular weight is 400 g/mol. The Hall–Kier alpha value is -1.82. The van der Waals surface area contributed by atoms with Gasteiger partial charge in [0.15, 0.2) is 18.0 Å². The summed E-state index contributed by atoms with van der Waals surface area (Å²) in [6.07, 6.45) is 5.93. The summed E-state index contributed by atoms with van der Waals surface area (Å²) in [4.78, 5) is 49.7. The number of carbonyl (C=O) groups excluding carboxylic acids is 4. The third kappa shape index (κ3) is 2.27. The van der Waals surface area contributed by atoms with Gasteiger partial charge in [-0.2, -0.15) is 0 Å². The maximum Gasteiger partial charge on any atom is 0.303 e. The molecule has 1 aliphatic heterocycles. The van der Waals surface area contributed by atoms with Crippen molar-refractivity contribution in [2.75, 3.05) is 6.61 Å². The Labute approximate surface area is 170 Å². The third-order valence-electron chi connectivity index (χ3n) is 9.07. The van der Waals surface area contributed by atoms with Gasteiger partial charge < -0.3 is 9.47 Å². The number of fused-ring (bicyclic) bond motifs is 7. The SMILES string of the molecule is CC(=O)OCC(=O)C12OC1CC1C3CCC4=CC(=O)CCC4(C)C3CC(=O)C12C. The number of ether oxygens (including phenoxy) is 2. The summed E-state index contributed by atoms with van der Waals surface area (Å²) in [7, 11) is 0. The van der Waals surface area contributed by atoms with Crippen molar-refractivity contribution in [1.82, 2.24) is 0 Å². The van der Waals surface area contributed by atoms with Gasteiger partial charge >= 0.3 is 5.97 Å². The minimum atomic E-state index is -1.12. The van der Waals surface area contributed by atoms with Gasteiger partial charge in [0.05, 0.1) is 11.5 Å². The maximum absolute atomic E-state index is 13.6. The Kier molecular flexibility index (Phi) is 3.88. The minimum Gasteiger partial charge on any atom is -0.458 e. The van der Waals surface area contributed by atoms with E-state index in [1.807, 2.05) is 13.0 Å². The van der Waals surface area contributed by atoms with Gasteiger partial charge in [-0.25, -0.2) is 0 Å². The number of carbonyl (C=O) groups is 4. The predicted molar refractivity (Wildman–Crippen MR) is 102 cm³/mol. The molecule has 7 atom stereocenters. The fourth-order valence-corrected chi connectivity index (χ4v) is 7.45. The van der Waals surface area contributed by atoms with Gasteiger partial charge in [0.2, 0.25) is 5.78 Å². The molecule has 4 fully saturated rings. The fourth-order valence-electron chi connectivity index (χ4n) is 7.45. The van der Waals surface area contributed by atoms with Gasteiger partial charge in [0, 0.05) is 19.8 Å². The third-order valence-corrected chi connectivity index (χ3v) is 9.07. The molecule has 3 saturated carbocycles. The second kappa shape index (κ2) is 5.87. The highest BCUT2D eigenvalue weighted by Crippen LogP contribution is 2.72. The van der Waals surface area contributed by atoms with Crippen molar-refractivity contribution in [2.45, 2.75) is 71.0 Å². The van der Waals surface area contributed by atoms with E-state index in [-0.39, 0.29) is 47.3 Å². The summed E-state index contributed by atoms with van der Waals surface area (Å²) < 4.78 is 10.8. The lowest BCUT2D eigenvalue weighted by Crippen LogP contribution is -2.59. The van der Waals surface area contributed by atoms with Gasteiger partial charge in [-0.15, -0.1) is 0 Å². The van der Waals surface area contributed by atoms with E-state index in [1.165, 1.54) is 12.5 Å². The molecule has 1 heterocycles. The molecule has 156 valence electrons. The summed E-state index contributed by atoms with van der Waals surface area (Å²) in [5.74, 6) is 0.188. The van der Waals surface area contributed by atoms with Crippen molar-refractivity contribution in [1.29, 1.82) is 0 Å². The first-order valence-electron chi connectivity index (χ1n) is 10.8. The molecular weight excluding hydrogens is 372 g/mol. The van der Waals surface area contributed by atoms with E-state index in [9.17, 15) is 19.2 Å². The van der Waals surface area contributed by atoms with Crippen LogP contribution in [0.1, 0.15) is 59.3 Å². The molecule has 0 aromatic rings. The molecule has 6 heteroatoms. The van der Waals surface area contributed by atoms with E-state index >= 15 is 0 Å². The second-order valence-corrected chi connectivity index (χ2v) is 10.1. The summed E-state index contributed by atoms with van der Waals surface area (Å²) in [5, 5.41) is 0. The number of hydrogen-bond donors (Lipinski definition) is 0. The number of allylic oxidation sites excluding steroid dienone is 1. The van der Waals surface area contributed by atoms with Crippen LogP contribution in [0.3, 0.4) is 0 Å². The van der Waals surface area contributed by atoms with E-state index in [1.54, 1.807) is 0 Å². The molecular formula is C23H28O6. The second-order valence-electron chi connectivity index (χ2n) is 10.1. The first-order valence-corrected chi connectivity index (χ1v) is 10.8. The Morgan fingerprint density at radius 1 is 1.21 bits per heavy atom. The van der Waals surface area contributed by atoms with Crippen molar-refractivity contribution < 1.29 is 28.7 Å². The first-order chi connectivity index (χ1) is 13.6. The van der Waals surface area contributed by atoms with Crippen LogP contribution in [0.25, 0.3) is 0 Å². The molecule has 0 aromatic heterocycles. The standard InChI is InChI=1S/C23H28O6/c1-12(24)28-11-19(27)23-20(29-23)10-17-15-5-4-13-8-14(25)6-7-21(13,2)16(15)9-18(26)22(17,23)3/h8,15-17,20H,4-7,9-11H2,1-3H3. The average Bonchev–Trinajstić information content (AvgIpc) is 3.34. The predicted octanol–water partition coefficient (Wildman–Crippen LogP) is 2.58. The molecule has 0 aromatic carbocycles. The zero-order valence-corrected chi connectivity index (χ0v) is 17.3. The van der Waals surface area contributed by atoms with Gasteiger partial charge in [0.1, 0.15) is 5.78 Å². The summed E-state index contributed by atoms with van der Waals surface area (Å²) >= 11 is 0. The lowest BCUT2D eigenvalue weighted by molar-refractivity contribution is -0.161. The smallest absolute Gasteiger partial charge is 0.303 e. The number of esters is 1.